The standard InChI is InChI=1S/C16H27N3O/c1-6-19(11-13-8-7-9-14(17)10-13)12(2)15(20)18-16(3,4)5/h7-10,12H,6,11,17H2,1-5H3,(H,18,20). The molecule has 0 aliphatic rings. The second-order valence-corrected chi connectivity index (χ2v) is 6.22. The number of anilines is 1. The SMILES string of the molecule is CCN(Cc1cccc(N)c1)C(C)C(=O)NC(C)(C)C. The first-order chi connectivity index (χ1) is 9.23. The van der Waals surface area contributed by atoms with Crippen LogP contribution in [0.5, 0.6) is 0 Å². The fourth-order valence-corrected chi connectivity index (χ4v) is 2.09. The van der Waals surface area contributed by atoms with E-state index in [1.165, 1.54) is 0 Å². The third-order valence-electron chi connectivity index (χ3n) is 3.17. The van der Waals surface area contributed by atoms with Gasteiger partial charge in [-0.3, -0.25) is 9.69 Å². The monoisotopic (exact) mass is 277 g/mol. The van der Waals surface area contributed by atoms with E-state index in [0.29, 0.717) is 0 Å². The van der Waals surface area contributed by atoms with Crippen LogP contribution in [0.2, 0.25) is 0 Å². The van der Waals surface area contributed by atoms with Gasteiger partial charge in [0.2, 0.25) is 5.91 Å². The molecule has 4 nitrogen and oxygen atoms in total. The molecular weight excluding hydrogens is 250 g/mol. The van der Waals surface area contributed by atoms with E-state index in [2.05, 4.69) is 17.1 Å². The van der Waals surface area contributed by atoms with E-state index < -0.39 is 0 Å². The average Bonchev–Trinajstić information content (AvgIpc) is 2.33. The second-order valence-electron chi connectivity index (χ2n) is 6.22. The zero-order valence-electron chi connectivity index (χ0n) is 13.2. The minimum absolute atomic E-state index is 0.0586. The maximum atomic E-state index is 12.2. The van der Waals surface area contributed by atoms with E-state index >= 15 is 0 Å². The molecule has 0 fully saturated rings. The predicted molar refractivity (Wildman–Crippen MR) is 84.3 cm³/mol. The van der Waals surface area contributed by atoms with E-state index in [1.54, 1.807) is 0 Å². The minimum atomic E-state index is -0.206. The predicted octanol–water partition coefficient (Wildman–Crippen LogP) is 2.39. The Morgan fingerprint density at radius 2 is 2.05 bits per heavy atom. The molecular formula is C16H27N3O. The minimum Gasteiger partial charge on any atom is -0.399 e. The van der Waals surface area contributed by atoms with Crippen molar-refractivity contribution in [2.45, 2.75) is 52.7 Å². The number of amides is 1. The Hall–Kier alpha value is -1.55. The summed E-state index contributed by atoms with van der Waals surface area (Å²) in [7, 11) is 0. The first-order valence-corrected chi connectivity index (χ1v) is 7.13. The molecule has 0 heterocycles. The number of nitrogen functional groups attached to an aromatic ring is 1. The Morgan fingerprint density at radius 3 is 2.55 bits per heavy atom. The number of nitrogens with two attached hydrogens (primary N) is 1. The Labute approximate surface area is 122 Å². The maximum absolute atomic E-state index is 12.2. The fourth-order valence-electron chi connectivity index (χ4n) is 2.09. The van der Waals surface area contributed by atoms with Crippen LogP contribution in [0.25, 0.3) is 0 Å². The van der Waals surface area contributed by atoms with E-state index in [4.69, 9.17) is 5.73 Å². The number of hydrogen-bond acceptors (Lipinski definition) is 3. The van der Waals surface area contributed by atoms with Crippen molar-refractivity contribution in [2.24, 2.45) is 0 Å². The molecule has 1 amide bonds. The lowest BCUT2D eigenvalue weighted by Crippen LogP contribution is -2.50. The van der Waals surface area contributed by atoms with Crippen molar-refractivity contribution in [2.75, 3.05) is 12.3 Å². The lowest BCUT2D eigenvalue weighted by molar-refractivity contribution is -0.127. The molecule has 0 bridgehead atoms. The largest absolute Gasteiger partial charge is 0.399 e. The van der Waals surface area contributed by atoms with E-state index in [-0.39, 0.29) is 17.5 Å². The molecule has 0 spiro atoms. The molecule has 0 radical (unpaired) electrons. The van der Waals surface area contributed by atoms with Crippen LogP contribution >= 0.6 is 0 Å². The van der Waals surface area contributed by atoms with Gasteiger partial charge in [0.1, 0.15) is 0 Å². The highest BCUT2D eigenvalue weighted by Crippen LogP contribution is 2.12. The molecule has 1 rings (SSSR count). The molecule has 1 aromatic carbocycles. The van der Waals surface area contributed by atoms with Crippen LogP contribution in [0.1, 0.15) is 40.2 Å². The molecule has 0 aromatic heterocycles. The Morgan fingerprint density at radius 1 is 1.40 bits per heavy atom. The van der Waals surface area contributed by atoms with Crippen LogP contribution < -0.4 is 11.1 Å². The number of nitrogens with one attached hydrogen (secondary N) is 1. The van der Waals surface area contributed by atoms with Crippen molar-refractivity contribution < 1.29 is 4.79 Å². The number of likely N-dealkylation sites (N-methyl/N-ethyl adjacent to an activating group) is 1. The molecule has 3 N–H and O–H groups in total. The molecule has 0 saturated heterocycles. The maximum Gasteiger partial charge on any atom is 0.237 e. The Kier molecular flexibility index (Phi) is 5.57. The van der Waals surface area contributed by atoms with Crippen LogP contribution in [0, 0.1) is 0 Å². The zero-order valence-corrected chi connectivity index (χ0v) is 13.2. The van der Waals surface area contributed by atoms with Gasteiger partial charge in [0.15, 0.2) is 0 Å². The van der Waals surface area contributed by atoms with Gasteiger partial charge < -0.3 is 11.1 Å². The highest BCUT2D eigenvalue weighted by Gasteiger charge is 2.23. The van der Waals surface area contributed by atoms with Crippen molar-refractivity contribution in [3.8, 4) is 0 Å². The zero-order chi connectivity index (χ0) is 15.3. The summed E-state index contributed by atoms with van der Waals surface area (Å²) >= 11 is 0. The summed E-state index contributed by atoms with van der Waals surface area (Å²) in [6.07, 6.45) is 0. The van der Waals surface area contributed by atoms with Gasteiger partial charge in [-0.1, -0.05) is 19.1 Å². The van der Waals surface area contributed by atoms with Gasteiger partial charge >= 0.3 is 0 Å². The quantitative estimate of drug-likeness (QED) is 0.813. The molecule has 0 aliphatic heterocycles. The summed E-state index contributed by atoms with van der Waals surface area (Å²) < 4.78 is 0. The van der Waals surface area contributed by atoms with Crippen molar-refractivity contribution >= 4 is 11.6 Å². The first-order valence-electron chi connectivity index (χ1n) is 7.13. The summed E-state index contributed by atoms with van der Waals surface area (Å²) in [5.74, 6) is 0.0586. The fraction of sp³-hybridized carbons (Fsp3) is 0.562. The topological polar surface area (TPSA) is 58.4 Å². The average molecular weight is 277 g/mol. The number of carbonyl (C=O) groups is 1. The van der Waals surface area contributed by atoms with Gasteiger partial charge in [-0.2, -0.15) is 0 Å². The molecule has 112 valence electrons. The summed E-state index contributed by atoms with van der Waals surface area (Å²) in [4.78, 5) is 14.4. The second kappa shape index (κ2) is 6.75. The summed E-state index contributed by atoms with van der Waals surface area (Å²) in [6, 6.07) is 7.64. The molecule has 1 atom stereocenters. The number of nitrogens with zero attached hydrogens (tertiary/aromatic N) is 1. The van der Waals surface area contributed by atoms with Gasteiger partial charge in [0.05, 0.1) is 6.04 Å². The van der Waals surface area contributed by atoms with Crippen LogP contribution in [0.4, 0.5) is 5.69 Å². The smallest absolute Gasteiger partial charge is 0.237 e. The van der Waals surface area contributed by atoms with Gasteiger partial charge in [0, 0.05) is 17.8 Å². The lowest BCUT2D eigenvalue weighted by atomic mass is 10.1. The lowest BCUT2D eigenvalue weighted by Gasteiger charge is -2.30. The Balaban J connectivity index is 2.72. The van der Waals surface area contributed by atoms with E-state index in [9.17, 15) is 4.79 Å². The number of rotatable bonds is 5. The molecule has 1 unspecified atom stereocenters. The Bertz CT molecular complexity index is 451. The van der Waals surface area contributed by atoms with Crippen LogP contribution in [-0.2, 0) is 11.3 Å². The number of hydrogen-bond donors (Lipinski definition) is 2. The highest BCUT2D eigenvalue weighted by molar-refractivity contribution is 5.81. The van der Waals surface area contributed by atoms with Gasteiger partial charge in [0.25, 0.3) is 0 Å². The highest BCUT2D eigenvalue weighted by atomic mass is 16.2. The summed E-state index contributed by atoms with van der Waals surface area (Å²) in [6.45, 7) is 11.5. The molecule has 0 aliphatic carbocycles. The molecule has 0 saturated carbocycles. The van der Waals surface area contributed by atoms with Crippen LogP contribution in [-0.4, -0.2) is 28.9 Å². The van der Waals surface area contributed by atoms with Gasteiger partial charge in [-0.15, -0.1) is 0 Å². The van der Waals surface area contributed by atoms with Gasteiger partial charge in [-0.25, -0.2) is 0 Å². The van der Waals surface area contributed by atoms with Crippen LogP contribution in [0.3, 0.4) is 0 Å². The summed E-state index contributed by atoms with van der Waals surface area (Å²) in [5, 5.41) is 3.03. The van der Waals surface area contributed by atoms with E-state index in [1.807, 2.05) is 52.0 Å². The van der Waals surface area contributed by atoms with Crippen LogP contribution in [0.15, 0.2) is 24.3 Å². The van der Waals surface area contributed by atoms with Crippen molar-refractivity contribution in [3.63, 3.8) is 0 Å². The molecule has 20 heavy (non-hydrogen) atoms. The third kappa shape index (κ3) is 5.21. The number of carbonyl (C=O) groups excluding carboxylic acids is 1. The van der Waals surface area contributed by atoms with Crippen molar-refractivity contribution in [1.29, 1.82) is 0 Å². The first kappa shape index (κ1) is 16.5. The number of benzene rings is 1. The van der Waals surface area contributed by atoms with Gasteiger partial charge in [-0.05, 0) is 51.9 Å². The van der Waals surface area contributed by atoms with Crippen molar-refractivity contribution in [3.05, 3.63) is 29.8 Å². The molecule has 1 aromatic rings. The third-order valence-corrected chi connectivity index (χ3v) is 3.17. The molecule has 4 heteroatoms. The normalized spacial score (nSPS) is 13.3. The summed E-state index contributed by atoms with van der Waals surface area (Å²) in [5.41, 5.74) is 7.47. The van der Waals surface area contributed by atoms with Crippen molar-refractivity contribution in [1.82, 2.24) is 10.2 Å². The van der Waals surface area contributed by atoms with E-state index in [0.717, 1.165) is 24.3 Å².